The number of rotatable bonds is 4. The van der Waals surface area contributed by atoms with Crippen LogP contribution in [-0.4, -0.2) is 12.3 Å². The Labute approximate surface area is 139 Å². The fourth-order valence-electron chi connectivity index (χ4n) is 4.65. The number of ketones is 1. The van der Waals surface area contributed by atoms with Crippen LogP contribution in [0.2, 0.25) is 0 Å². The fraction of sp³-hybridized carbons (Fsp3) is 0.600. The predicted octanol–water partition coefficient (Wildman–Crippen LogP) is 3.38. The lowest BCUT2D eigenvalue weighted by molar-refractivity contribution is -0.111. The third-order valence-corrected chi connectivity index (χ3v) is 5.78. The van der Waals surface area contributed by atoms with Crippen LogP contribution >= 0.6 is 0 Å². The Balaban J connectivity index is 2.59. The van der Waals surface area contributed by atoms with Crippen molar-refractivity contribution in [2.24, 2.45) is 28.4 Å². The summed E-state index contributed by atoms with van der Waals surface area (Å²) in [6, 6.07) is 2.00. The first-order chi connectivity index (χ1) is 10.8. The van der Waals surface area contributed by atoms with E-state index in [1.165, 1.54) is 0 Å². The van der Waals surface area contributed by atoms with E-state index in [1.807, 2.05) is 6.07 Å². The Morgan fingerprint density at radius 3 is 2.74 bits per heavy atom. The molecule has 0 heterocycles. The minimum absolute atomic E-state index is 0.148. The maximum atomic E-state index is 12.3. The molecule has 2 N–H and O–H groups in total. The Bertz CT molecular complexity index is 644. The van der Waals surface area contributed by atoms with E-state index in [0.717, 1.165) is 31.3 Å². The normalized spacial score (nSPS) is 33.3. The molecule has 3 nitrogen and oxygen atoms in total. The second-order valence-corrected chi connectivity index (χ2v) is 7.41. The number of hydrogen-bond acceptors (Lipinski definition) is 3. The van der Waals surface area contributed by atoms with E-state index >= 15 is 0 Å². The van der Waals surface area contributed by atoms with Gasteiger partial charge in [-0.25, -0.2) is 0 Å². The van der Waals surface area contributed by atoms with Crippen LogP contribution in [0.3, 0.4) is 0 Å². The van der Waals surface area contributed by atoms with E-state index in [4.69, 9.17) is 12.2 Å². The van der Waals surface area contributed by atoms with E-state index < -0.39 is 5.41 Å². The molecule has 122 valence electrons. The molecule has 0 aliphatic heterocycles. The van der Waals surface area contributed by atoms with Gasteiger partial charge in [-0.05, 0) is 67.2 Å². The fourth-order valence-corrected chi connectivity index (χ4v) is 4.65. The van der Waals surface area contributed by atoms with Gasteiger partial charge in [0.1, 0.15) is 6.07 Å². The lowest BCUT2D eigenvalue weighted by atomic mass is 9.50. The molecule has 0 aromatic carbocycles. The van der Waals surface area contributed by atoms with Crippen molar-refractivity contribution < 1.29 is 4.79 Å². The monoisotopic (exact) mass is 310 g/mol. The second kappa shape index (κ2) is 6.34. The highest BCUT2D eigenvalue weighted by molar-refractivity contribution is 6.09. The van der Waals surface area contributed by atoms with E-state index in [9.17, 15) is 10.1 Å². The summed E-state index contributed by atoms with van der Waals surface area (Å²) in [4.78, 5) is 12.3. The zero-order valence-electron chi connectivity index (χ0n) is 14.4. The van der Waals surface area contributed by atoms with Crippen LogP contribution in [-0.2, 0) is 4.79 Å². The molecular formula is C20H26N2O. The molecule has 3 heteroatoms. The van der Waals surface area contributed by atoms with E-state index in [0.29, 0.717) is 18.4 Å². The molecule has 2 aliphatic rings. The molecule has 0 saturated heterocycles. The van der Waals surface area contributed by atoms with Crippen molar-refractivity contribution in [3.05, 3.63) is 23.3 Å². The van der Waals surface area contributed by atoms with Crippen LogP contribution in [0.4, 0.5) is 0 Å². The first-order valence-corrected chi connectivity index (χ1v) is 8.42. The average Bonchev–Trinajstić information content (AvgIpc) is 2.53. The highest BCUT2D eigenvalue weighted by Crippen LogP contribution is 2.59. The smallest absolute Gasteiger partial charge is 0.196 e. The summed E-state index contributed by atoms with van der Waals surface area (Å²) in [7, 11) is 0. The number of carbonyl (C=O) groups excluding carboxylic acids is 1. The van der Waals surface area contributed by atoms with Gasteiger partial charge in [0, 0.05) is 0 Å². The van der Waals surface area contributed by atoms with Crippen molar-refractivity contribution >= 4 is 5.78 Å². The lowest BCUT2D eigenvalue weighted by Crippen LogP contribution is -2.46. The van der Waals surface area contributed by atoms with E-state index in [2.05, 4.69) is 26.7 Å². The van der Waals surface area contributed by atoms with E-state index in [-0.39, 0.29) is 16.8 Å². The van der Waals surface area contributed by atoms with Crippen molar-refractivity contribution in [2.75, 3.05) is 6.54 Å². The minimum atomic E-state index is -0.590. The number of fused-ring (bicyclic) bond motifs is 1. The molecule has 23 heavy (non-hydrogen) atoms. The molecule has 1 fully saturated rings. The van der Waals surface area contributed by atoms with Crippen molar-refractivity contribution in [2.45, 2.75) is 46.5 Å². The molecule has 3 atom stereocenters. The van der Waals surface area contributed by atoms with Gasteiger partial charge in [0.05, 0.1) is 11.0 Å². The van der Waals surface area contributed by atoms with Gasteiger partial charge in [0.25, 0.3) is 0 Å². The zero-order chi connectivity index (χ0) is 17.3. The van der Waals surface area contributed by atoms with Crippen LogP contribution in [0.1, 0.15) is 46.5 Å². The van der Waals surface area contributed by atoms with Gasteiger partial charge in [-0.2, -0.15) is 5.26 Å². The summed E-state index contributed by atoms with van der Waals surface area (Å²) in [5.74, 6) is 3.67. The molecule has 0 spiro atoms. The molecule has 0 aromatic heterocycles. The SMILES string of the molecule is C#CC12C=C(C#N)C(=O)C=C1[C@@](C)(CCCN)[C@H](C(C)C)CC2. The molecular weight excluding hydrogens is 284 g/mol. The van der Waals surface area contributed by atoms with Crippen molar-refractivity contribution in [1.82, 2.24) is 0 Å². The van der Waals surface area contributed by atoms with Crippen LogP contribution in [0.25, 0.3) is 0 Å². The summed E-state index contributed by atoms with van der Waals surface area (Å²) in [6.45, 7) is 7.32. The molecule has 0 aromatic rings. The first-order valence-electron chi connectivity index (χ1n) is 8.42. The minimum Gasteiger partial charge on any atom is -0.330 e. The highest BCUT2D eigenvalue weighted by atomic mass is 16.1. The largest absolute Gasteiger partial charge is 0.330 e. The summed E-state index contributed by atoms with van der Waals surface area (Å²) in [5.41, 5.74) is 6.21. The highest BCUT2D eigenvalue weighted by Gasteiger charge is 2.52. The van der Waals surface area contributed by atoms with Crippen LogP contribution in [0.15, 0.2) is 23.3 Å². The molecule has 0 radical (unpaired) electrons. The average molecular weight is 310 g/mol. The number of nitrogens with zero attached hydrogens (tertiary/aromatic N) is 1. The Morgan fingerprint density at radius 2 is 2.22 bits per heavy atom. The quantitative estimate of drug-likeness (QED) is 0.809. The molecule has 2 aliphatic carbocycles. The Morgan fingerprint density at radius 1 is 1.52 bits per heavy atom. The van der Waals surface area contributed by atoms with Crippen molar-refractivity contribution in [3.63, 3.8) is 0 Å². The Kier molecular flexibility index (Phi) is 4.83. The zero-order valence-corrected chi connectivity index (χ0v) is 14.4. The molecule has 0 bridgehead atoms. The number of terminal acetylenes is 1. The van der Waals surface area contributed by atoms with Crippen LogP contribution in [0, 0.1) is 46.3 Å². The molecule has 2 rings (SSSR count). The van der Waals surface area contributed by atoms with Gasteiger partial charge in [-0.3, -0.25) is 4.79 Å². The Hall–Kier alpha value is -1.84. The topological polar surface area (TPSA) is 66.9 Å². The number of carbonyl (C=O) groups is 1. The van der Waals surface area contributed by atoms with Gasteiger partial charge in [0.2, 0.25) is 0 Å². The van der Waals surface area contributed by atoms with Crippen LogP contribution < -0.4 is 5.73 Å². The standard InChI is InChI=1S/C20H26N2O/c1-5-20-9-7-16(14(2)3)19(4,8-6-10-21)18(20)11-17(23)15(12-20)13-22/h1,11-12,14,16H,6-10,21H2,2-4H3/t16-,19-,20?/m0/s1. The third kappa shape index (κ3) is 2.75. The maximum absolute atomic E-state index is 12.3. The van der Waals surface area contributed by atoms with Gasteiger partial charge >= 0.3 is 0 Å². The first kappa shape index (κ1) is 17.5. The van der Waals surface area contributed by atoms with Gasteiger partial charge in [-0.1, -0.05) is 26.7 Å². The maximum Gasteiger partial charge on any atom is 0.196 e. The van der Waals surface area contributed by atoms with Crippen LogP contribution in [0.5, 0.6) is 0 Å². The van der Waals surface area contributed by atoms with E-state index in [1.54, 1.807) is 12.2 Å². The third-order valence-electron chi connectivity index (χ3n) is 5.78. The number of nitrogens with two attached hydrogens (primary N) is 1. The summed E-state index contributed by atoms with van der Waals surface area (Å²) in [5, 5.41) is 9.22. The summed E-state index contributed by atoms with van der Waals surface area (Å²) >= 11 is 0. The van der Waals surface area contributed by atoms with Gasteiger partial charge < -0.3 is 5.73 Å². The summed E-state index contributed by atoms with van der Waals surface area (Å²) < 4.78 is 0. The number of allylic oxidation sites excluding steroid dienone is 4. The van der Waals surface area contributed by atoms with Gasteiger partial charge in [0.15, 0.2) is 5.78 Å². The summed E-state index contributed by atoms with van der Waals surface area (Å²) in [6.07, 6.45) is 12.9. The van der Waals surface area contributed by atoms with Crippen molar-refractivity contribution in [3.8, 4) is 18.4 Å². The predicted molar refractivity (Wildman–Crippen MR) is 92.0 cm³/mol. The number of hydrogen-bond donors (Lipinski definition) is 1. The van der Waals surface area contributed by atoms with Crippen molar-refractivity contribution in [1.29, 1.82) is 5.26 Å². The number of nitriles is 1. The molecule has 1 unspecified atom stereocenters. The lowest BCUT2D eigenvalue weighted by Gasteiger charge is -2.53. The molecule has 0 amide bonds. The molecule has 1 saturated carbocycles. The second-order valence-electron chi connectivity index (χ2n) is 7.41. The van der Waals surface area contributed by atoms with Gasteiger partial charge in [-0.15, -0.1) is 6.42 Å².